The fraction of sp³-hybridized carbons (Fsp3) is 0.467. The van der Waals surface area contributed by atoms with Crippen LogP contribution in [-0.2, 0) is 9.31 Å². The van der Waals surface area contributed by atoms with Gasteiger partial charge in [0, 0.05) is 28.1 Å². The number of nitrogens with zero attached hydrogens (tertiary/aromatic N) is 3. The first-order chi connectivity index (χ1) is 13.1. The highest BCUT2D eigenvalue weighted by atomic mass is 16.7. The third kappa shape index (κ3) is 2.49. The summed E-state index contributed by atoms with van der Waals surface area (Å²) >= 11 is 0. The molecule has 0 saturated carbocycles. The van der Waals surface area contributed by atoms with Gasteiger partial charge in [0.25, 0.3) is 0 Å². The van der Waals surface area contributed by atoms with E-state index in [-0.39, 0.29) is 17.8 Å². The van der Waals surface area contributed by atoms with E-state index in [0.29, 0.717) is 0 Å². The quantitative estimate of drug-likeness (QED) is 0.793. The fourth-order valence-electron chi connectivity index (χ4n) is 1.84. The highest BCUT2D eigenvalue weighted by molar-refractivity contribution is 6.62. The number of pyridine rings is 1. The largest absolute Gasteiger partial charge is 0.498 e. The van der Waals surface area contributed by atoms with Crippen molar-refractivity contribution in [3.05, 3.63) is 36.2 Å². The molecular weight excluding hydrogens is 265 g/mol. The summed E-state index contributed by atoms with van der Waals surface area (Å²) in [5, 5.41) is 3.90. The van der Waals surface area contributed by atoms with Gasteiger partial charge in [0.15, 0.2) is 5.82 Å². The van der Waals surface area contributed by atoms with E-state index in [2.05, 4.69) is 10.1 Å². The Morgan fingerprint density at radius 3 is 2.67 bits per heavy atom. The van der Waals surface area contributed by atoms with Crippen LogP contribution >= 0.6 is 0 Å². The average molecular weight is 293 g/mol. The fourth-order valence-corrected chi connectivity index (χ4v) is 1.84. The Kier molecular flexibility index (Phi) is 1.68. The highest BCUT2D eigenvalue weighted by Gasteiger charge is 2.52. The topological polar surface area (TPSA) is 49.2 Å². The Bertz CT molecular complexity index is 973. The second-order valence-corrected chi connectivity index (χ2v) is 5.81. The summed E-state index contributed by atoms with van der Waals surface area (Å²) in [6.07, 6.45) is -1.39. The van der Waals surface area contributed by atoms with Gasteiger partial charge >= 0.3 is 7.12 Å². The van der Waals surface area contributed by atoms with Crippen LogP contribution in [0.3, 0.4) is 0 Å². The minimum absolute atomic E-state index is 0.00163. The molecule has 0 atom stereocenters. The van der Waals surface area contributed by atoms with Crippen LogP contribution in [0.1, 0.15) is 44.2 Å². The normalized spacial score (nSPS) is 26.0. The predicted molar refractivity (Wildman–Crippen MR) is 81.8 cm³/mol. The maximum absolute atomic E-state index is 8.42. The number of rotatable bonds is 2. The zero-order valence-electron chi connectivity index (χ0n) is 20.2. The molecule has 0 spiro atoms. The lowest BCUT2D eigenvalue weighted by Gasteiger charge is -2.32. The van der Waals surface area contributed by atoms with Gasteiger partial charge in [0.05, 0.1) is 18.1 Å². The van der Waals surface area contributed by atoms with E-state index in [1.165, 1.54) is 0 Å². The summed E-state index contributed by atoms with van der Waals surface area (Å²) < 4.78 is 75.6. The Labute approximate surface area is 136 Å². The lowest BCUT2D eigenvalue weighted by molar-refractivity contribution is 0.00578. The molecule has 0 unspecified atom stereocenters. The van der Waals surface area contributed by atoms with Crippen LogP contribution in [0.5, 0.6) is 0 Å². The molecule has 0 aliphatic carbocycles. The van der Waals surface area contributed by atoms with Crippen molar-refractivity contribution in [1.82, 2.24) is 14.8 Å². The molecule has 1 aliphatic heterocycles. The molecule has 6 heteroatoms. The van der Waals surface area contributed by atoms with Crippen molar-refractivity contribution >= 4 is 12.6 Å². The Morgan fingerprint density at radius 1 is 1.29 bits per heavy atom. The molecule has 0 aromatic carbocycles. The van der Waals surface area contributed by atoms with E-state index >= 15 is 0 Å². The maximum atomic E-state index is 8.42. The summed E-state index contributed by atoms with van der Waals surface area (Å²) in [4.78, 5) is 3.77. The van der Waals surface area contributed by atoms with Gasteiger partial charge in [0.1, 0.15) is 0 Å². The van der Waals surface area contributed by atoms with E-state index in [4.69, 9.17) is 20.3 Å². The van der Waals surface area contributed by atoms with Gasteiger partial charge in [-0.2, -0.15) is 5.10 Å². The smallest absolute Gasteiger partial charge is 0.399 e. The van der Waals surface area contributed by atoms with Crippen LogP contribution in [0.15, 0.2) is 30.6 Å². The molecule has 2 aromatic heterocycles. The molecule has 0 bridgehead atoms. The summed E-state index contributed by atoms with van der Waals surface area (Å²) in [6.45, 7) is 4.44. The zero-order valence-corrected chi connectivity index (χ0v) is 12.2. The third-order valence-corrected chi connectivity index (χ3v) is 3.77. The Balaban J connectivity index is 2.17. The van der Waals surface area contributed by atoms with Crippen molar-refractivity contribution in [1.29, 1.82) is 0 Å². The molecular formula is C15H20BN3O2. The van der Waals surface area contributed by atoms with Crippen molar-refractivity contribution < 1.29 is 20.3 Å². The molecule has 21 heavy (non-hydrogen) atoms. The van der Waals surface area contributed by atoms with Crippen molar-refractivity contribution in [3.8, 4) is 5.82 Å². The maximum Gasteiger partial charge on any atom is 0.498 e. The van der Waals surface area contributed by atoms with Crippen molar-refractivity contribution in [2.75, 3.05) is 0 Å². The van der Waals surface area contributed by atoms with E-state index < -0.39 is 54.8 Å². The number of hydrogen-bond donors (Lipinski definition) is 0. The minimum atomic E-state index is -2.82. The van der Waals surface area contributed by atoms with Gasteiger partial charge in [0.2, 0.25) is 0 Å². The molecule has 1 aliphatic rings. The van der Waals surface area contributed by atoms with Gasteiger partial charge < -0.3 is 9.31 Å². The second-order valence-electron chi connectivity index (χ2n) is 5.81. The summed E-state index contributed by atoms with van der Waals surface area (Å²) in [6, 6.07) is -1.34. The monoisotopic (exact) mass is 293 g/mol. The van der Waals surface area contributed by atoms with E-state index in [9.17, 15) is 0 Å². The molecule has 5 nitrogen and oxygen atoms in total. The molecule has 0 radical (unpaired) electrons. The van der Waals surface area contributed by atoms with Crippen LogP contribution in [0.4, 0.5) is 0 Å². The molecule has 3 heterocycles. The van der Waals surface area contributed by atoms with Crippen LogP contribution in [0.2, 0.25) is 0 Å². The lowest BCUT2D eigenvalue weighted by Crippen LogP contribution is -2.41. The predicted octanol–water partition coefficient (Wildman–Crippen LogP) is 1.87. The molecule has 1 saturated heterocycles. The highest BCUT2D eigenvalue weighted by Crippen LogP contribution is 2.36. The summed E-state index contributed by atoms with van der Waals surface area (Å²) in [5.74, 6) is -0.418. The molecule has 0 amide bonds. The van der Waals surface area contributed by atoms with Gasteiger partial charge in [-0.1, -0.05) is 0 Å². The Hall–Kier alpha value is -1.66. The van der Waals surface area contributed by atoms with Gasteiger partial charge in [-0.3, -0.25) is 0 Å². The standard InChI is InChI=1S/C15H20BN3O2/c1-11-6-7-17-13(8-11)19-10-12(9-18-19)16-20-14(2,3)15(4,5)21-16/h6-10H,1-5H3/i1D3,6D,7D,8D,9D,10D. The summed E-state index contributed by atoms with van der Waals surface area (Å²) in [7, 11) is -1.06. The molecule has 2 aromatic rings. The van der Waals surface area contributed by atoms with Crippen LogP contribution in [0, 0.1) is 6.85 Å². The minimum Gasteiger partial charge on any atom is -0.399 e. The zero-order chi connectivity index (χ0) is 22.1. The Morgan fingerprint density at radius 2 is 2.00 bits per heavy atom. The first-order valence-electron chi connectivity index (χ1n) is 10.5. The first-order valence-corrected chi connectivity index (χ1v) is 6.49. The molecule has 110 valence electrons. The molecule has 3 rings (SSSR count). The number of hydrogen-bond acceptors (Lipinski definition) is 4. The SMILES string of the molecule is [2H]c1nc(-n2nc([2H])c(B3OC(C)(C)C(C)(C)O3)c2[2H])c([2H])c(C([2H])([2H])[2H])c1[2H]. The van der Waals surface area contributed by atoms with Crippen molar-refractivity contribution in [2.45, 2.75) is 45.7 Å². The first kappa shape index (κ1) is 7.56. The second kappa shape index (κ2) is 4.68. The van der Waals surface area contributed by atoms with Crippen molar-refractivity contribution in [2.24, 2.45) is 0 Å². The van der Waals surface area contributed by atoms with E-state index in [0.717, 1.165) is 4.68 Å². The van der Waals surface area contributed by atoms with Crippen molar-refractivity contribution in [3.63, 3.8) is 0 Å². The van der Waals surface area contributed by atoms with Gasteiger partial charge in [-0.05, 0) is 52.2 Å². The molecule has 0 N–H and O–H groups in total. The third-order valence-electron chi connectivity index (χ3n) is 3.77. The van der Waals surface area contributed by atoms with E-state index in [1.807, 2.05) is 27.7 Å². The van der Waals surface area contributed by atoms with Gasteiger partial charge in [-0.15, -0.1) is 0 Å². The average Bonchev–Trinajstić information content (AvgIpc) is 2.93. The van der Waals surface area contributed by atoms with Crippen LogP contribution in [0.25, 0.3) is 5.82 Å². The van der Waals surface area contributed by atoms with Crippen LogP contribution in [-0.4, -0.2) is 33.1 Å². The lowest BCUT2D eigenvalue weighted by atomic mass is 9.82. The van der Waals surface area contributed by atoms with Crippen LogP contribution < -0.4 is 5.46 Å². The van der Waals surface area contributed by atoms with E-state index in [1.54, 1.807) is 0 Å². The van der Waals surface area contributed by atoms with Gasteiger partial charge in [-0.25, -0.2) is 9.67 Å². The molecule has 1 fully saturated rings. The summed E-state index contributed by atoms with van der Waals surface area (Å²) in [5.41, 5.74) is -2.09. The number of aromatic nitrogens is 3.